The number of carbonyl (C=O) groups is 1. The van der Waals surface area contributed by atoms with Crippen molar-refractivity contribution in [3.63, 3.8) is 0 Å². The number of halogens is 6. The van der Waals surface area contributed by atoms with Gasteiger partial charge in [0.2, 0.25) is 0 Å². The molecule has 9 heteroatoms. The predicted octanol–water partition coefficient (Wildman–Crippen LogP) is 5.26. The number of ether oxygens (including phenoxy) is 1. The summed E-state index contributed by atoms with van der Waals surface area (Å²) in [7, 11) is 0. The first-order chi connectivity index (χ1) is 11.2. The van der Waals surface area contributed by atoms with E-state index in [9.17, 15) is 36.2 Å². The summed E-state index contributed by atoms with van der Waals surface area (Å²) in [5, 5.41) is 9.40. The summed E-state index contributed by atoms with van der Waals surface area (Å²) in [6.45, 7) is 11.2. The maximum atomic E-state index is 12.9. The lowest BCUT2D eigenvalue weighted by atomic mass is 9.69. The van der Waals surface area contributed by atoms with Gasteiger partial charge in [-0.25, -0.2) is 0 Å². The first-order valence-corrected chi connectivity index (χ1v) is 8.23. The van der Waals surface area contributed by atoms with E-state index in [1.165, 1.54) is 13.8 Å². The zero-order valence-electron chi connectivity index (χ0n) is 16.1. The van der Waals surface area contributed by atoms with Crippen molar-refractivity contribution in [1.29, 1.82) is 0 Å². The standard InChI is InChI=1S/C17H28F6O3/c1-10(2)8-11(26-12(24)14(6,7)13(3,4)5)9-15(25,16(18,19)20)17(21,22)23/h10-11,25H,8-9H2,1-7H3. The van der Waals surface area contributed by atoms with E-state index in [0.717, 1.165) is 0 Å². The van der Waals surface area contributed by atoms with Gasteiger partial charge in [0.1, 0.15) is 6.10 Å². The fourth-order valence-electron chi connectivity index (χ4n) is 2.03. The summed E-state index contributed by atoms with van der Waals surface area (Å²) in [6.07, 6.45) is -15.7. The second-order valence-corrected chi connectivity index (χ2v) is 8.59. The molecule has 26 heavy (non-hydrogen) atoms. The van der Waals surface area contributed by atoms with Gasteiger partial charge in [-0.3, -0.25) is 4.79 Å². The molecule has 0 saturated carbocycles. The highest BCUT2D eigenvalue weighted by Crippen LogP contribution is 2.47. The molecule has 0 aliphatic carbocycles. The van der Waals surface area contributed by atoms with E-state index in [1.54, 1.807) is 34.6 Å². The number of hydrogen-bond acceptors (Lipinski definition) is 3. The minimum atomic E-state index is -5.95. The van der Waals surface area contributed by atoms with Crippen LogP contribution in [0.5, 0.6) is 0 Å². The van der Waals surface area contributed by atoms with Crippen LogP contribution in [0.15, 0.2) is 0 Å². The highest BCUT2D eigenvalue weighted by molar-refractivity contribution is 5.77. The highest BCUT2D eigenvalue weighted by Gasteiger charge is 2.71. The number of carbonyl (C=O) groups excluding carboxylic acids is 1. The van der Waals surface area contributed by atoms with E-state index in [0.29, 0.717) is 0 Å². The topological polar surface area (TPSA) is 46.5 Å². The molecular formula is C17H28F6O3. The maximum Gasteiger partial charge on any atom is 0.426 e. The molecule has 1 N–H and O–H groups in total. The van der Waals surface area contributed by atoms with Crippen molar-refractivity contribution in [1.82, 2.24) is 0 Å². The summed E-state index contributed by atoms with van der Waals surface area (Å²) in [5.41, 5.74) is -6.75. The molecular weight excluding hydrogens is 366 g/mol. The zero-order chi connectivity index (χ0) is 21.4. The van der Waals surface area contributed by atoms with Gasteiger partial charge < -0.3 is 9.84 Å². The second-order valence-electron chi connectivity index (χ2n) is 8.59. The van der Waals surface area contributed by atoms with Gasteiger partial charge in [0.25, 0.3) is 5.60 Å². The van der Waals surface area contributed by atoms with Crippen LogP contribution in [0.25, 0.3) is 0 Å². The van der Waals surface area contributed by atoms with E-state index in [2.05, 4.69) is 0 Å². The number of rotatable bonds is 6. The average molecular weight is 394 g/mol. The monoisotopic (exact) mass is 394 g/mol. The Morgan fingerprint density at radius 1 is 0.923 bits per heavy atom. The molecule has 0 radical (unpaired) electrons. The van der Waals surface area contributed by atoms with Crippen LogP contribution in [0.1, 0.15) is 61.3 Å². The Kier molecular flexibility index (Phi) is 7.27. The Morgan fingerprint density at radius 2 is 1.31 bits per heavy atom. The lowest BCUT2D eigenvalue weighted by Crippen LogP contribution is -2.59. The van der Waals surface area contributed by atoms with Gasteiger partial charge in [-0.05, 0) is 31.6 Å². The molecule has 0 aromatic carbocycles. The smallest absolute Gasteiger partial charge is 0.426 e. The van der Waals surface area contributed by atoms with Crippen LogP contribution in [-0.4, -0.2) is 35.1 Å². The normalized spacial score (nSPS) is 16.0. The number of hydrogen-bond donors (Lipinski definition) is 1. The molecule has 0 aromatic rings. The van der Waals surface area contributed by atoms with Crippen molar-refractivity contribution in [3.05, 3.63) is 0 Å². The van der Waals surface area contributed by atoms with Crippen molar-refractivity contribution in [2.45, 2.75) is 85.4 Å². The molecule has 0 aliphatic rings. The summed E-state index contributed by atoms with van der Waals surface area (Å²) in [5.74, 6) is -1.27. The average Bonchev–Trinajstić information content (AvgIpc) is 2.33. The quantitative estimate of drug-likeness (QED) is 0.494. The molecule has 0 fully saturated rings. The Morgan fingerprint density at radius 3 is 1.58 bits per heavy atom. The molecule has 0 heterocycles. The first kappa shape index (κ1) is 25.0. The van der Waals surface area contributed by atoms with Gasteiger partial charge >= 0.3 is 18.3 Å². The summed E-state index contributed by atoms with van der Waals surface area (Å²) in [6, 6.07) is 0. The van der Waals surface area contributed by atoms with Gasteiger partial charge in [-0.15, -0.1) is 0 Å². The van der Waals surface area contributed by atoms with Crippen molar-refractivity contribution >= 4 is 5.97 Å². The molecule has 0 saturated heterocycles. The van der Waals surface area contributed by atoms with Crippen molar-refractivity contribution in [2.24, 2.45) is 16.7 Å². The van der Waals surface area contributed by atoms with Crippen molar-refractivity contribution in [3.8, 4) is 0 Å². The second kappa shape index (κ2) is 7.56. The zero-order valence-corrected chi connectivity index (χ0v) is 16.1. The van der Waals surface area contributed by atoms with Gasteiger partial charge in [0.05, 0.1) is 5.41 Å². The lowest BCUT2D eigenvalue weighted by molar-refractivity contribution is -0.374. The Bertz CT molecular complexity index is 472. The summed E-state index contributed by atoms with van der Waals surface area (Å²) in [4.78, 5) is 12.4. The van der Waals surface area contributed by atoms with Crippen LogP contribution >= 0.6 is 0 Å². The first-order valence-electron chi connectivity index (χ1n) is 8.23. The number of aliphatic hydroxyl groups is 1. The molecule has 0 aromatic heterocycles. The third kappa shape index (κ3) is 5.50. The highest BCUT2D eigenvalue weighted by atomic mass is 19.4. The molecule has 0 rings (SSSR count). The molecule has 1 atom stereocenters. The summed E-state index contributed by atoms with van der Waals surface area (Å²) < 4.78 is 82.7. The van der Waals surface area contributed by atoms with Gasteiger partial charge in [-0.2, -0.15) is 26.3 Å². The number of esters is 1. The third-order valence-electron chi connectivity index (χ3n) is 4.85. The van der Waals surface area contributed by atoms with Crippen molar-refractivity contribution in [2.75, 3.05) is 0 Å². The predicted molar refractivity (Wildman–Crippen MR) is 84.2 cm³/mol. The van der Waals surface area contributed by atoms with E-state index >= 15 is 0 Å². The minimum absolute atomic E-state index is 0.250. The van der Waals surface area contributed by atoms with Crippen LogP contribution in [0.3, 0.4) is 0 Å². The van der Waals surface area contributed by atoms with Crippen LogP contribution < -0.4 is 0 Å². The van der Waals surface area contributed by atoms with E-state index in [1.807, 2.05) is 0 Å². The minimum Gasteiger partial charge on any atom is -0.462 e. The van der Waals surface area contributed by atoms with Gasteiger partial charge in [0.15, 0.2) is 0 Å². The number of alkyl halides is 6. The Hall–Kier alpha value is -0.990. The third-order valence-corrected chi connectivity index (χ3v) is 4.85. The molecule has 0 aliphatic heterocycles. The molecule has 0 spiro atoms. The van der Waals surface area contributed by atoms with Crippen LogP contribution in [0, 0.1) is 16.7 Å². The largest absolute Gasteiger partial charge is 0.462 e. The Balaban J connectivity index is 5.75. The molecule has 156 valence electrons. The van der Waals surface area contributed by atoms with Crippen LogP contribution in [0.2, 0.25) is 0 Å². The maximum absolute atomic E-state index is 12.9. The van der Waals surface area contributed by atoms with E-state index in [-0.39, 0.29) is 12.3 Å². The molecule has 1 unspecified atom stereocenters. The van der Waals surface area contributed by atoms with Gasteiger partial charge in [-0.1, -0.05) is 34.6 Å². The van der Waals surface area contributed by atoms with Crippen molar-refractivity contribution < 1.29 is 41.0 Å². The molecule has 0 amide bonds. The van der Waals surface area contributed by atoms with Crippen LogP contribution in [-0.2, 0) is 9.53 Å². The lowest BCUT2D eigenvalue weighted by Gasteiger charge is -2.39. The van der Waals surface area contributed by atoms with Crippen LogP contribution in [0.4, 0.5) is 26.3 Å². The fourth-order valence-corrected chi connectivity index (χ4v) is 2.03. The fraction of sp³-hybridized carbons (Fsp3) is 0.941. The SMILES string of the molecule is CC(C)CC(CC(O)(C(F)(F)F)C(F)(F)F)OC(=O)C(C)(C)C(C)(C)C. The molecule has 0 bridgehead atoms. The Labute approximate surface area is 150 Å². The van der Waals surface area contributed by atoms with E-state index < -0.39 is 47.3 Å². The van der Waals surface area contributed by atoms with Gasteiger partial charge in [0, 0.05) is 6.42 Å². The van der Waals surface area contributed by atoms with E-state index in [4.69, 9.17) is 4.74 Å². The summed E-state index contributed by atoms with van der Waals surface area (Å²) >= 11 is 0. The molecule has 3 nitrogen and oxygen atoms in total.